The van der Waals surface area contributed by atoms with E-state index in [1.54, 1.807) is 6.07 Å². The number of carbonyl (C=O) groups is 1. The molecule has 0 spiro atoms. The van der Waals surface area contributed by atoms with E-state index in [1.165, 1.54) is 21.4 Å². The number of rotatable bonds is 5. The number of anilines is 1. The van der Waals surface area contributed by atoms with Crippen molar-refractivity contribution < 1.29 is 30.8 Å². The summed E-state index contributed by atoms with van der Waals surface area (Å²) in [7, 11) is -4.77. The van der Waals surface area contributed by atoms with Crippen molar-refractivity contribution in [1.82, 2.24) is 14.3 Å². The Morgan fingerprint density at radius 1 is 1.39 bits per heavy atom. The minimum Gasteiger partial charge on any atom is -0.331 e. The van der Waals surface area contributed by atoms with Crippen LogP contribution in [0.4, 0.5) is 23.2 Å². The van der Waals surface area contributed by atoms with E-state index in [-0.39, 0.29) is 29.3 Å². The Morgan fingerprint density at radius 2 is 2.06 bits per heavy atom. The summed E-state index contributed by atoms with van der Waals surface area (Å²) < 4.78 is 80.0. The fraction of sp³-hybridized carbons (Fsp3) is 0.235. The molecule has 1 aliphatic rings. The second-order valence-electron chi connectivity index (χ2n) is 6.40. The zero-order chi connectivity index (χ0) is 23.1. The molecule has 0 aromatic carbocycles. The number of hydrogen-bond acceptors (Lipinski definition) is 5. The van der Waals surface area contributed by atoms with Gasteiger partial charge in [-0.3, -0.25) is 4.79 Å². The smallest absolute Gasteiger partial charge is 0.331 e. The highest BCUT2D eigenvalue weighted by molar-refractivity contribution is 7.89. The van der Waals surface area contributed by atoms with E-state index in [2.05, 4.69) is 10.3 Å². The lowest BCUT2D eigenvalue weighted by Gasteiger charge is -2.17. The van der Waals surface area contributed by atoms with E-state index in [4.69, 9.17) is 16.9 Å². The molecule has 2 aromatic rings. The maximum absolute atomic E-state index is 13.5. The molecule has 2 aromatic heterocycles. The molecule has 0 bridgehead atoms. The Kier molecular flexibility index (Phi) is 5.83. The van der Waals surface area contributed by atoms with Gasteiger partial charge in [-0.25, -0.2) is 13.4 Å². The SMILES string of the molecule is CC(NS(=O)(=O)c1c(Cl)c(C(=O)Nc2cc(F)nc(C#N)c2)n2c1C=CC2)C(F)(F)F. The average Bonchev–Trinajstić information content (AvgIpc) is 3.18. The summed E-state index contributed by atoms with van der Waals surface area (Å²) in [6.45, 7) is 0.645. The quantitative estimate of drug-likeness (QED) is 0.507. The van der Waals surface area contributed by atoms with Gasteiger partial charge in [-0.05, 0) is 19.1 Å². The van der Waals surface area contributed by atoms with Crippen LogP contribution in [-0.4, -0.2) is 36.1 Å². The van der Waals surface area contributed by atoms with Gasteiger partial charge in [0, 0.05) is 18.3 Å². The number of carbonyl (C=O) groups excluding carboxylic acids is 1. The first-order valence-corrected chi connectivity index (χ1v) is 10.3. The molecular weight excluding hydrogens is 466 g/mol. The number of amides is 1. The Morgan fingerprint density at radius 3 is 2.68 bits per heavy atom. The number of allylic oxidation sites excluding steroid dienone is 1. The molecule has 0 aliphatic carbocycles. The van der Waals surface area contributed by atoms with Crippen molar-refractivity contribution in [2.24, 2.45) is 0 Å². The third-order valence-corrected chi connectivity index (χ3v) is 6.33. The predicted octanol–water partition coefficient (Wildman–Crippen LogP) is 3.06. The number of alkyl halides is 3. The van der Waals surface area contributed by atoms with E-state index >= 15 is 0 Å². The molecule has 0 radical (unpaired) electrons. The Balaban J connectivity index is 2.02. The lowest BCUT2D eigenvalue weighted by Crippen LogP contribution is -2.43. The number of nitrogens with zero attached hydrogens (tertiary/aromatic N) is 3. The van der Waals surface area contributed by atoms with Crippen LogP contribution in [-0.2, 0) is 16.6 Å². The van der Waals surface area contributed by atoms with Crippen LogP contribution >= 0.6 is 11.6 Å². The molecule has 164 valence electrons. The fourth-order valence-electron chi connectivity index (χ4n) is 2.86. The summed E-state index contributed by atoms with van der Waals surface area (Å²) in [6.07, 6.45) is -2.06. The van der Waals surface area contributed by atoms with Crippen molar-refractivity contribution in [2.45, 2.75) is 30.6 Å². The predicted molar refractivity (Wildman–Crippen MR) is 101 cm³/mol. The van der Waals surface area contributed by atoms with Crippen molar-refractivity contribution in [3.8, 4) is 6.07 Å². The monoisotopic (exact) mass is 477 g/mol. The van der Waals surface area contributed by atoms with Crippen LogP contribution < -0.4 is 10.0 Å². The Bertz CT molecular complexity index is 1250. The van der Waals surface area contributed by atoms with Crippen LogP contribution in [0.15, 0.2) is 23.1 Å². The van der Waals surface area contributed by atoms with Gasteiger partial charge in [-0.15, -0.1) is 0 Å². The highest BCUT2D eigenvalue weighted by Gasteiger charge is 2.41. The molecule has 0 saturated carbocycles. The van der Waals surface area contributed by atoms with Crippen molar-refractivity contribution in [3.63, 3.8) is 0 Å². The highest BCUT2D eigenvalue weighted by Crippen LogP contribution is 2.36. The second kappa shape index (κ2) is 7.95. The zero-order valence-electron chi connectivity index (χ0n) is 15.5. The zero-order valence-corrected chi connectivity index (χ0v) is 17.0. The van der Waals surface area contributed by atoms with Crippen LogP contribution in [0.5, 0.6) is 0 Å². The number of aromatic nitrogens is 2. The average molecular weight is 478 g/mol. The van der Waals surface area contributed by atoms with Crippen molar-refractivity contribution in [1.29, 1.82) is 5.26 Å². The molecule has 3 rings (SSSR count). The van der Waals surface area contributed by atoms with E-state index in [9.17, 15) is 30.8 Å². The summed E-state index contributed by atoms with van der Waals surface area (Å²) >= 11 is 6.13. The number of nitrogens with one attached hydrogen (secondary N) is 2. The Hall–Kier alpha value is -2.95. The molecule has 2 N–H and O–H groups in total. The molecule has 0 saturated heterocycles. The third-order valence-electron chi connectivity index (χ3n) is 4.24. The van der Waals surface area contributed by atoms with Crippen LogP contribution in [0, 0.1) is 17.3 Å². The first-order chi connectivity index (χ1) is 14.3. The van der Waals surface area contributed by atoms with Crippen LogP contribution in [0.25, 0.3) is 6.08 Å². The topological polar surface area (TPSA) is 117 Å². The highest BCUT2D eigenvalue weighted by atomic mass is 35.5. The standard InChI is InChI=1S/C17H12ClF4N5O3S/c1-8(17(20,21)22)26-31(29,30)15-11-3-2-4-27(11)14(13(15)18)16(28)25-9-5-10(7-23)24-12(19)6-9/h2-3,5-6,8,26H,4H2,1H3,(H,24,25,28). The molecule has 1 amide bonds. The number of halogens is 5. The first kappa shape index (κ1) is 22.7. The normalized spacial score (nSPS) is 14.2. The summed E-state index contributed by atoms with van der Waals surface area (Å²) in [6, 6.07) is 1.10. The summed E-state index contributed by atoms with van der Waals surface area (Å²) in [5, 5.41) is 10.5. The third kappa shape index (κ3) is 4.41. The molecule has 1 aliphatic heterocycles. The van der Waals surface area contributed by atoms with Gasteiger partial charge in [-0.1, -0.05) is 17.7 Å². The fourth-order valence-corrected chi connectivity index (χ4v) is 4.95. The maximum Gasteiger partial charge on any atom is 0.404 e. The van der Waals surface area contributed by atoms with Gasteiger partial charge in [0.2, 0.25) is 16.0 Å². The van der Waals surface area contributed by atoms with E-state index in [0.29, 0.717) is 6.92 Å². The summed E-state index contributed by atoms with van der Waals surface area (Å²) in [5.74, 6) is -2.01. The van der Waals surface area contributed by atoms with Gasteiger partial charge in [0.05, 0.1) is 10.7 Å². The minimum atomic E-state index is -4.84. The lowest BCUT2D eigenvalue weighted by atomic mass is 10.3. The van der Waals surface area contributed by atoms with E-state index in [0.717, 1.165) is 12.1 Å². The van der Waals surface area contributed by atoms with Gasteiger partial charge in [0.1, 0.15) is 28.4 Å². The number of nitriles is 1. The molecule has 3 heterocycles. The lowest BCUT2D eigenvalue weighted by molar-refractivity contribution is -0.147. The molecule has 8 nitrogen and oxygen atoms in total. The molecule has 14 heteroatoms. The largest absolute Gasteiger partial charge is 0.404 e. The molecule has 1 atom stereocenters. The van der Waals surface area contributed by atoms with E-state index < -0.39 is 44.0 Å². The Labute approximate surface area is 178 Å². The van der Waals surface area contributed by atoms with Gasteiger partial charge < -0.3 is 9.88 Å². The molecule has 1 unspecified atom stereocenters. The molecule has 31 heavy (non-hydrogen) atoms. The first-order valence-electron chi connectivity index (χ1n) is 8.41. The number of fused-ring (bicyclic) bond motifs is 1. The van der Waals surface area contributed by atoms with Gasteiger partial charge in [0.15, 0.2) is 0 Å². The van der Waals surface area contributed by atoms with Crippen LogP contribution in [0.2, 0.25) is 5.02 Å². The molecular formula is C17H12ClF4N5O3S. The summed E-state index contributed by atoms with van der Waals surface area (Å²) in [5.41, 5.74) is -0.926. The van der Waals surface area contributed by atoms with E-state index in [1.807, 2.05) is 0 Å². The van der Waals surface area contributed by atoms with Crippen molar-refractivity contribution in [3.05, 3.63) is 46.3 Å². The van der Waals surface area contributed by atoms with Crippen molar-refractivity contribution >= 4 is 39.3 Å². The van der Waals surface area contributed by atoms with Gasteiger partial charge in [-0.2, -0.15) is 27.5 Å². The van der Waals surface area contributed by atoms with Gasteiger partial charge in [0.25, 0.3) is 5.91 Å². The molecule has 0 fully saturated rings. The number of sulfonamides is 1. The summed E-state index contributed by atoms with van der Waals surface area (Å²) in [4.78, 5) is 15.4. The van der Waals surface area contributed by atoms with Gasteiger partial charge >= 0.3 is 6.18 Å². The van der Waals surface area contributed by atoms with Crippen LogP contribution in [0.1, 0.15) is 28.8 Å². The maximum atomic E-state index is 13.5. The minimum absolute atomic E-state index is 0.0241. The van der Waals surface area contributed by atoms with Crippen LogP contribution in [0.3, 0.4) is 0 Å². The number of pyridine rings is 1. The van der Waals surface area contributed by atoms with Crippen molar-refractivity contribution in [2.75, 3.05) is 5.32 Å². The number of hydrogen-bond donors (Lipinski definition) is 2. The second-order valence-corrected chi connectivity index (χ2v) is 8.43.